The van der Waals surface area contributed by atoms with Gasteiger partial charge in [-0.3, -0.25) is 9.48 Å². The number of carbonyl (C=O) groups excluding carboxylic acids is 1. The molecular formula is C26H34N6O. The van der Waals surface area contributed by atoms with E-state index in [9.17, 15) is 4.79 Å². The summed E-state index contributed by atoms with van der Waals surface area (Å²) in [5.41, 5.74) is 5.48. The minimum Gasteiger partial charge on any atom is -0.353 e. The quantitative estimate of drug-likeness (QED) is 0.603. The van der Waals surface area contributed by atoms with Crippen molar-refractivity contribution < 1.29 is 4.79 Å². The van der Waals surface area contributed by atoms with Crippen LogP contribution in [-0.2, 0) is 13.5 Å². The molecule has 1 N–H and O–H groups in total. The zero-order chi connectivity index (χ0) is 23.4. The van der Waals surface area contributed by atoms with Gasteiger partial charge in [0.15, 0.2) is 0 Å². The minimum absolute atomic E-state index is 0.0209. The van der Waals surface area contributed by atoms with Gasteiger partial charge < -0.3 is 15.1 Å². The van der Waals surface area contributed by atoms with E-state index in [0.29, 0.717) is 12.1 Å². The molecule has 4 rings (SSSR count). The Hall–Kier alpha value is -3.19. The molecule has 3 heterocycles. The summed E-state index contributed by atoms with van der Waals surface area (Å²) < 4.78 is 1.93. The Labute approximate surface area is 196 Å². The van der Waals surface area contributed by atoms with Gasteiger partial charge in [-0.25, -0.2) is 4.98 Å². The summed E-state index contributed by atoms with van der Waals surface area (Å²) in [6, 6.07) is 14.4. The molecule has 1 aliphatic heterocycles. The van der Waals surface area contributed by atoms with Crippen molar-refractivity contribution >= 4 is 11.7 Å². The fourth-order valence-electron chi connectivity index (χ4n) is 4.65. The van der Waals surface area contributed by atoms with Crippen LogP contribution in [0.2, 0.25) is 0 Å². The third-order valence-electron chi connectivity index (χ3n) is 6.62. The van der Waals surface area contributed by atoms with E-state index < -0.39 is 0 Å². The smallest absolute Gasteiger partial charge is 0.257 e. The Kier molecular flexibility index (Phi) is 7.08. The molecule has 1 atom stereocenters. The first kappa shape index (κ1) is 23.0. The van der Waals surface area contributed by atoms with Crippen LogP contribution in [0.4, 0.5) is 5.82 Å². The van der Waals surface area contributed by atoms with E-state index in [1.54, 1.807) is 6.20 Å². The SMILES string of the molecule is Cc1nn(C)c(C)c1CCCN(C)C(=O)c1cccnc1N1CCN[C@H](c2ccccc2)C1. The highest BCUT2D eigenvalue weighted by Crippen LogP contribution is 2.25. The number of hydrogen-bond donors (Lipinski definition) is 1. The number of amides is 1. The molecular weight excluding hydrogens is 412 g/mol. The topological polar surface area (TPSA) is 66.3 Å². The minimum atomic E-state index is 0.0209. The molecule has 0 spiro atoms. The first-order valence-corrected chi connectivity index (χ1v) is 11.7. The van der Waals surface area contributed by atoms with Crippen LogP contribution in [0.25, 0.3) is 0 Å². The molecule has 0 radical (unpaired) electrons. The van der Waals surface area contributed by atoms with Crippen molar-refractivity contribution in [3.05, 3.63) is 76.7 Å². The van der Waals surface area contributed by atoms with Crippen LogP contribution in [0.1, 0.15) is 45.3 Å². The number of anilines is 1. The Morgan fingerprint density at radius 3 is 2.70 bits per heavy atom. The lowest BCUT2D eigenvalue weighted by atomic mass is 10.0. The molecule has 2 aromatic heterocycles. The molecule has 1 aromatic carbocycles. The molecule has 1 saturated heterocycles. The second-order valence-corrected chi connectivity index (χ2v) is 8.84. The summed E-state index contributed by atoms with van der Waals surface area (Å²) >= 11 is 0. The van der Waals surface area contributed by atoms with Gasteiger partial charge in [0.1, 0.15) is 5.82 Å². The molecule has 174 valence electrons. The zero-order valence-electron chi connectivity index (χ0n) is 20.1. The van der Waals surface area contributed by atoms with Gasteiger partial charge in [-0.1, -0.05) is 30.3 Å². The number of carbonyl (C=O) groups is 1. The van der Waals surface area contributed by atoms with Crippen LogP contribution in [0, 0.1) is 13.8 Å². The highest BCUT2D eigenvalue weighted by atomic mass is 16.2. The predicted octanol–water partition coefficient (Wildman–Crippen LogP) is 3.29. The van der Waals surface area contributed by atoms with Gasteiger partial charge in [0.2, 0.25) is 0 Å². The zero-order valence-corrected chi connectivity index (χ0v) is 20.1. The van der Waals surface area contributed by atoms with Crippen LogP contribution in [0.15, 0.2) is 48.7 Å². The Balaban J connectivity index is 1.43. The summed E-state index contributed by atoms with van der Waals surface area (Å²) in [7, 11) is 3.86. The fraction of sp³-hybridized carbons (Fsp3) is 0.423. The van der Waals surface area contributed by atoms with Crippen LogP contribution >= 0.6 is 0 Å². The predicted molar refractivity (Wildman–Crippen MR) is 132 cm³/mol. The maximum absolute atomic E-state index is 13.4. The van der Waals surface area contributed by atoms with Gasteiger partial charge in [0.05, 0.1) is 11.3 Å². The molecule has 7 nitrogen and oxygen atoms in total. The lowest BCUT2D eigenvalue weighted by Crippen LogP contribution is -2.47. The summed E-state index contributed by atoms with van der Waals surface area (Å²) in [4.78, 5) is 22.0. The van der Waals surface area contributed by atoms with Gasteiger partial charge in [-0.15, -0.1) is 0 Å². The van der Waals surface area contributed by atoms with E-state index in [2.05, 4.69) is 58.4 Å². The standard InChI is InChI=1S/C26H34N6O/c1-19-22(20(2)31(4)29-19)13-9-16-30(3)26(33)23-12-8-14-28-25(23)32-17-15-27-24(18-32)21-10-6-5-7-11-21/h5-8,10-12,14,24,27H,9,13,15-18H2,1-4H3/t24-/m0/s1. The number of rotatable bonds is 7. The Bertz CT molecular complexity index is 1090. The van der Waals surface area contributed by atoms with E-state index in [0.717, 1.165) is 44.0 Å². The number of aromatic nitrogens is 3. The Morgan fingerprint density at radius 1 is 1.18 bits per heavy atom. The third-order valence-corrected chi connectivity index (χ3v) is 6.62. The van der Waals surface area contributed by atoms with Crippen LogP contribution in [0.5, 0.6) is 0 Å². The number of piperazine rings is 1. The maximum atomic E-state index is 13.4. The largest absolute Gasteiger partial charge is 0.353 e. The molecule has 1 fully saturated rings. The van der Waals surface area contributed by atoms with Crippen molar-refractivity contribution in [1.29, 1.82) is 0 Å². The van der Waals surface area contributed by atoms with Gasteiger partial charge in [0.25, 0.3) is 5.91 Å². The van der Waals surface area contributed by atoms with Gasteiger partial charge in [0, 0.05) is 58.2 Å². The maximum Gasteiger partial charge on any atom is 0.257 e. The van der Waals surface area contributed by atoms with E-state index in [1.807, 2.05) is 41.9 Å². The second kappa shape index (κ2) is 10.2. The summed E-state index contributed by atoms with van der Waals surface area (Å²) in [5.74, 6) is 0.795. The highest BCUT2D eigenvalue weighted by Gasteiger charge is 2.26. The molecule has 1 amide bonds. The summed E-state index contributed by atoms with van der Waals surface area (Å²) in [6.07, 6.45) is 3.59. The second-order valence-electron chi connectivity index (χ2n) is 8.84. The third kappa shape index (κ3) is 5.09. The van der Waals surface area contributed by atoms with Crippen molar-refractivity contribution in [3.63, 3.8) is 0 Å². The molecule has 1 aliphatic rings. The number of pyridine rings is 1. The highest BCUT2D eigenvalue weighted by molar-refractivity contribution is 5.98. The molecule has 0 aliphatic carbocycles. The molecule has 7 heteroatoms. The summed E-state index contributed by atoms with van der Waals surface area (Å²) in [5, 5.41) is 8.09. The van der Waals surface area contributed by atoms with E-state index >= 15 is 0 Å². The van der Waals surface area contributed by atoms with Crippen molar-refractivity contribution in [2.75, 3.05) is 38.1 Å². The van der Waals surface area contributed by atoms with Crippen LogP contribution < -0.4 is 10.2 Å². The monoisotopic (exact) mass is 446 g/mol. The summed E-state index contributed by atoms with van der Waals surface area (Å²) in [6.45, 7) is 7.30. The number of benzene rings is 1. The van der Waals surface area contributed by atoms with Crippen molar-refractivity contribution in [1.82, 2.24) is 25.0 Å². The average molecular weight is 447 g/mol. The molecule has 33 heavy (non-hydrogen) atoms. The number of nitrogens with one attached hydrogen (secondary N) is 1. The number of hydrogen-bond acceptors (Lipinski definition) is 5. The van der Waals surface area contributed by atoms with Gasteiger partial charge in [-0.2, -0.15) is 5.10 Å². The normalized spacial score (nSPS) is 16.1. The van der Waals surface area contributed by atoms with E-state index in [4.69, 9.17) is 0 Å². The molecule has 0 bridgehead atoms. The van der Waals surface area contributed by atoms with E-state index in [1.165, 1.54) is 16.8 Å². The molecule has 0 unspecified atom stereocenters. The van der Waals surface area contributed by atoms with Crippen LogP contribution in [-0.4, -0.2) is 58.8 Å². The van der Waals surface area contributed by atoms with Gasteiger partial charge >= 0.3 is 0 Å². The lowest BCUT2D eigenvalue weighted by Gasteiger charge is -2.35. The van der Waals surface area contributed by atoms with Crippen LogP contribution in [0.3, 0.4) is 0 Å². The number of nitrogens with zero attached hydrogens (tertiary/aromatic N) is 5. The van der Waals surface area contributed by atoms with Gasteiger partial charge in [-0.05, 0) is 49.9 Å². The first-order chi connectivity index (χ1) is 16.0. The molecule has 0 saturated carbocycles. The number of aryl methyl sites for hydroxylation is 2. The Morgan fingerprint density at radius 2 is 1.97 bits per heavy atom. The fourth-order valence-corrected chi connectivity index (χ4v) is 4.65. The van der Waals surface area contributed by atoms with Crippen molar-refractivity contribution in [3.8, 4) is 0 Å². The molecule has 3 aromatic rings. The van der Waals surface area contributed by atoms with Crippen molar-refractivity contribution in [2.24, 2.45) is 7.05 Å². The average Bonchev–Trinajstić information content (AvgIpc) is 3.10. The van der Waals surface area contributed by atoms with E-state index in [-0.39, 0.29) is 11.9 Å². The first-order valence-electron chi connectivity index (χ1n) is 11.7. The lowest BCUT2D eigenvalue weighted by molar-refractivity contribution is 0.0793. The van der Waals surface area contributed by atoms with Crippen molar-refractivity contribution in [2.45, 2.75) is 32.7 Å².